The van der Waals surface area contributed by atoms with Gasteiger partial charge in [0.15, 0.2) is 0 Å². The van der Waals surface area contributed by atoms with Gasteiger partial charge in [-0.1, -0.05) is 23.8 Å². The van der Waals surface area contributed by atoms with E-state index in [2.05, 4.69) is 47.7 Å². The Balaban J connectivity index is 2.12. The normalized spacial score (nSPS) is 10.8. The molecule has 2 aromatic heterocycles. The SMILES string of the molecule is C=CCNC(=O)c1cc2nc(N(C)C)n(-c3ccc(C)cc3)c2s1. The van der Waals surface area contributed by atoms with Gasteiger partial charge in [0, 0.05) is 26.3 Å². The monoisotopic (exact) mass is 340 g/mol. The highest BCUT2D eigenvalue weighted by atomic mass is 32.1. The predicted molar refractivity (Wildman–Crippen MR) is 101 cm³/mol. The van der Waals surface area contributed by atoms with Gasteiger partial charge in [-0.2, -0.15) is 0 Å². The molecule has 0 aliphatic heterocycles. The molecule has 0 aliphatic carbocycles. The molecule has 24 heavy (non-hydrogen) atoms. The van der Waals surface area contributed by atoms with Gasteiger partial charge in [0.05, 0.1) is 4.88 Å². The van der Waals surface area contributed by atoms with Crippen molar-refractivity contribution in [3.05, 3.63) is 53.4 Å². The number of nitrogens with zero attached hydrogens (tertiary/aromatic N) is 3. The molecule has 0 aliphatic rings. The summed E-state index contributed by atoms with van der Waals surface area (Å²) in [6.07, 6.45) is 1.67. The van der Waals surface area contributed by atoms with E-state index in [4.69, 9.17) is 4.98 Å². The van der Waals surface area contributed by atoms with E-state index in [1.54, 1.807) is 6.08 Å². The fraction of sp³-hybridized carbons (Fsp3) is 0.222. The van der Waals surface area contributed by atoms with E-state index in [0.717, 1.165) is 22.0 Å². The number of fused-ring (bicyclic) bond motifs is 1. The first-order valence-corrected chi connectivity index (χ1v) is 8.48. The number of rotatable bonds is 5. The topological polar surface area (TPSA) is 50.2 Å². The first kappa shape index (κ1) is 16.3. The molecule has 0 saturated carbocycles. The highest BCUT2D eigenvalue weighted by Crippen LogP contribution is 2.32. The largest absolute Gasteiger partial charge is 0.348 e. The fourth-order valence-electron chi connectivity index (χ4n) is 2.45. The zero-order chi connectivity index (χ0) is 17.3. The molecule has 0 saturated heterocycles. The van der Waals surface area contributed by atoms with Gasteiger partial charge in [-0.15, -0.1) is 17.9 Å². The second-order valence-electron chi connectivity index (χ2n) is 5.78. The Labute approximate surface area is 145 Å². The lowest BCUT2D eigenvalue weighted by molar-refractivity contribution is 0.0962. The number of nitrogens with one attached hydrogen (secondary N) is 1. The number of amides is 1. The lowest BCUT2D eigenvalue weighted by Crippen LogP contribution is -2.22. The second kappa shape index (κ2) is 6.49. The van der Waals surface area contributed by atoms with Gasteiger partial charge in [-0.05, 0) is 25.1 Å². The molecule has 0 atom stereocenters. The molecule has 0 bridgehead atoms. The predicted octanol–water partition coefficient (Wildman–Crippen LogP) is 3.38. The number of anilines is 1. The van der Waals surface area contributed by atoms with Crippen molar-refractivity contribution in [3.63, 3.8) is 0 Å². The van der Waals surface area contributed by atoms with Crippen molar-refractivity contribution < 1.29 is 4.79 Å². The minimum absolute atomic E-state index is 0.0974. The van der Waals surface area contributed by atoms with Crippen molar-refractivity contribution in [1.29, 1.82) is 0 Å². The minimum Gasteiger partial charge on any atom is -0.348 e. The molecule has 1 aromatic carbocycles. The first-order valence-electron chi connectivity index (χ1n) is 7.67. The summed E-state index contributed by atoms with van der Waals surface area (Å²) in [7, 11) is 3.93. The van der Waals surface area contributed by atoms with E-state index in [-0.39, 0.29) is 5.91 Å². The number of hydrogen-bond donors (Lipinski definition) is 1. The summed E-state index contributed by atoms with van der Waals surface area (Å²) in [5.74, 6) is 0.748. The molecule has 2 heterocycles. The van der Waals surface area contributed by atoms with E-state index >= 15 is 0 Å². The van der Waals surface area contributed by atoms with Crippen LogP contribution in [0.3, 0.4) is 0 Å². The molecule has 0 unspecified atom stereocenters. The molecule has 6 heteroatoms. The Hall–Kier alpha value is -2.60. The minimum atomic E-state index is -0.0974. The van der Waals surface area contributed by atoms with Crippen LogP contribution in [0.15, 0.2) is 43.0 Å². The standard InChI is InChI=1S/C18H20N4OS/c1-5-10-19-16(23)15-11-14-17(24-15)22(18(20-14)21(3)4)13-8-6-12(2)7-9-13/h5-9,11H,1,10H2,2-4H3,(H,19,23). The maximum atomic E-state index is 12.2. The Kier molecular flexibility index (Phi) is 4.40. The van der Waals surface area contributed by atoms with E-state index in [9.17, 15) is 4.79 Å². The molecule has 3 rings (SSSR count). The van der Waals surface area contributed by atoms with Gasteiger partial charge in [-0.25, -0.2) is 4.98 Å². The van der Waals surface area contributed by atoms with Crippen molar-refractivity contribution in [2.75, 3.05) is 25.5 Å². The molecular formula is C18H20N4OS. The number of benzene rings is 1. The van der Waals surface area contributed by atoms with E-state index < -0.39 is 0 Å². The van der Waals surface area contributed by atoms with Crippen LogP contribution in [-0.4, -0.2) is 36.1 Å². The van der Waals surface area contributed by atoms with E-state index in [1.807, 2.05) is 25.1 Å². The second-order valence-corrected chi connectivity index (χ2v) is 6.81. The summed E-state index contributed by atoms with van der Waals surface area (Å²) in [5.41, 5.74) is 3.07. The summed E-state index contributed by atoms with van der Waals surface area (Å²) in [6, 6.07) is 10.1. The van der Waals surface area contributed by atoms with E-state index in [1.165, 1.54) is 16.9 Å². The first-order chi connectivity index (χ1) is 11.5. The van der Waals surface area contributed by atoms with Gasteiger partial charge in [0.2, 0.25) is 5.95 Å². The van der Waals surface area contributed by atoms with Crippen LogP contribution in [0.2, 0.25) is 0 Å². The lowest BCUT2D eigenvalue weighted by Gasteiger charge is -2.15. The van der Waals surface area contributed by atoms with Crippen LogP contribution in [0.25, 0.3) is 16.0 Å². The zero-order valence-corrected chi connectivity index (χ0v) is 14.9. The third kappa shape index (κ3) is 2.92. The average Bonchev–Trinajstić information content (AvgIpc) is 3.11. The highest BCUT2D eigenvalue weighted by molar-refractivity contribution is 7.20. The van der Waals surface area contributed by atoms with Crippen molar-refractivity contribution in [1.82, 2.24) is 14.9 Å². The molecule has 0 radical (unpaired) electrons. The van der Waals surface area contributed by atoms with Crippen molar-refractivity contribution in [2.24, 2.45) is 0 Å². The molecular weight excluding hydrogens is 320 g/mol. The Bertz CT molecular complexity index is 890. The summed E-state index contributed by atoms with van der Waals surface area (Å²) in [5, 5.41) is 2.81. The molecule has 1 amide bonds. The summed E-state index contributed by atoms with van der Waals surface area (Å²) in [6.45, 7) is 6.13. The van der Waals surface area contributed by atoms with Gasteiger partial charge >= 0.3 is 0 Å². The maximum absolute atomic E-state index is 12.2. The Morgan fingerprint density at radius 1 is 1.38 bits per heavy atom. The molecule has 124 valence electrons. The number of aromatic nitrogens is 2. The van der Waals surface area contributed by atoms with Crippen LogP contribution in [0.4, 0.5) is 5.95 Å². The summed E-state index contributed by atoms with van der Waals surface area (Å²) >= 11 is 1.45. The number of carbonyl (C=O) groups is 1. The fourth-order valence-corrected chi connectivity index (χ4v) is 3.48. The van der Waals surface area contributed by atoms with Gasteiger partial charge in [-0.3, -0.25) is 9.36 Å². The van der Waals surface area contributed by atoms with Gasteiger partial charge in [0.1, 0.15) is 10.3 Å². The number of imidazole rings is 1. The molecule has 0 spiro atoms. The zero-order valence-electron chi connectivity index (χ0n) is 14.0. The molecule has 3 aromatic rings. The molecule has 1 N–H and O–H groups in total. The van der Waals surface area contributed by atoms with Gasteiger partial charge in [0.25, 0.3) is 5.91 Å². The quantitative estimate of drug-likeness (QED) is 0.725. The average molecular weight is 340 g/mol. The van der Waals surface area contributed by atoms with Crippen LogP contribution < -0.4 is 10.2 Å². The van der Waals surface area contributed by atoms with Crippen molar-refractivity contribution in [3.8, 4) is 5.69 Å². The van der Waals surface area contributed by atoms with Gasteiger partial charge < -0.3 is 10.2 Å². The Morgan fingerprint density at radius 2 is 2.08 bits per heavy atom. The molecule has 0 fully saturated rings. The third-order valence-electron chi connectivity index (χ3n) is 3.64. The van der Waals surface area contributed by atoms with Crippen molar-refractivity contribution >= 4 is 33.5 Å². The number of aryl methyl sites for hydroxylation is 1. The van der Waals surface area contributed by atoms with Crippen LogP contribution in [0.5, 0.6) is 0 Å². The summed E-state index contributed by atoms with van der Waals surface area (Å²) in [4.78, 5) is 20.5. The lowest BCUT2D eigenvalue weighted by atomic mass is 10.2. The number of hydrogen-bond acceptors (Lipinski definition) is 4. The van der Waals surface area contributed by atoms with Crippen LogP contribution >= 0.6 is 11.3 Å². The van der Waals surface area contributed by atoms with Crippen LogP contribution in [0, 0.1) is 6.92 Å². The Morgan fingerprint density at radius 3 is 2.71 bits per heavy atom. The third-order valence-corrected chi connectivity index (χ3v) is 4.75. The number of thiophene rings is 1. The number of carbonyl (C=O) groups excluding carboxylic acids is 1. The summed E-state index contributed by atoms with van der Waals surface area (Å²) < 4.78 is 2.09. The van der Waals surface area contributed by atoms with Crippen LogP contribution in [0.1, 0.15) is 15.2 Å². The van der Waals surface area contributed by atoms with Crippen molar-refractivity contribution in [2.45, 2.75) is 6.92 Å². The smallest absolute Gasteiger partial charge is 0.261 e. The van der Waals surface area contributed by atoms with Crippen LogP contribution in [-0.2, 0) is 0 Å². The molecule has 5 nitrogen and oxygen atoms in total. The van der Waals surface area contributed by atoms with E-state index in [0.29, 0.717) is 11.4 Å². The highest BCUT2D eigenvalue weighted by Gasteiger charge is 2.19. The maximum Gasteiger partial charge on any atom is 0.261 e.